The Morgan fingerprint density at radius 3 is 2.55 bits per heavy atom. The molecule has 0 saturated carbocycles. The molecule has 1 aromatic rings. The van der Waals surface area contributed by atoms with Crippen LogP contribution in [0.3, 0.4) is 0 Å². The van der Waals surface area contributed by atoms with Crippen LogP contribution in [0.4, 0.5) is 0 Å². The molecule has 2 atom stereocenters. The van der Waals surface area contributed by atoms with Crippen molar-refractivity contribution >= 4 is 34.7 Å². The van der Waals surface area contributed by atoms with E-state index in [0.717, 1.165) is 11.9 Å². The second-order valence-corrected chi connectivity index (χ2v) is 7.21. The molecule has 20 heavy (non-hydrogen) atoms. The van der Waals surface area contributed by atoms with Crippen LogP contribution in [0.15, 0.2) is 5.16 Å². The minimum absolute atomic E-state index is 0.186. The molecular formula is C10H15N5O3S2. The van der Waals surface area contributed by atoms with Gasteiger partial charge in [-0.15, -0.1) is 5.10 Å². The van der Waals surface area contributed by atoms with Crippen LogP contribution in [-0.2, 0) is 16.6 Å². The average molecular weight is 317 g/mol. The van der Waals surface area contributed by atoms with E-state index >= 15 is 0 Å². The molecule has 1 amide bonds. The van der Waals surface area contributed by atoms with Gasteiger partial charge in [-0.1, -0.05) is 11.8 Å². The van der Waals surface area contributed by atoms with Crippen LogP contribution in [0.5, 0.6) is 0 Å². The lowest BCUT2D eigenvalue weighted by Crippen LogP contribution is -2.63. The number of β-lactam (4-membered cyclic amide) rings is 1. The van der Waals surface area contributed by atoms with Crippen LogP contribution in [0, 0.1) is 5.92 Å². The van der Waals surface area contributed by atoms with Crippen molar-refractivity contribution in [3.8, 4) is 0 Å². The monoisotopic (exact) mass is 317 g/mol. The minimum atomic E-state index is -1.17. The van der Waals surface area contributed by atoms with Crippen molar-refractivity contribution in [1.29, 1.82) is 0 Å². The molecule has 0 aliphatic carbocycles. The number of rotatable bonds is 4. The molecule has 8 nitrogen and oxygen atoms in total. The van der Waals surface area contributed by atoms with Gasteiger partial charge < -0.3 is 5.11 Å². The van der Waals surface area contributed by atoms with E-state index in [1.165, 1.54) is 27.7 Å². The highest BCUT2D eigenvalue weighted by molar-refractivity contribution is 8.12. The lowest BCUT2D eigenvalue weighted by atomic mass is 9.85. The zero-order valence-corrected chi connectivity index (χ0v) is 13.1. The van der Waals surface area contributed by atoms with Crippen molar-refractivity contribution < 1.29 is 14.7 Å². The molecule has 1 N–H and O–H groups in total. The Hall–Kier alpha value is -1.13. The van der Waals surface area contributed by atoms with Crippen LogP contribution in [-0.4, -0.2) is 51.6 Å². The molecule has 1 fully saturated rings. The van der Waals surface area contributed by atoms with Gasteiger partial charge in [0.1, 0.15) is 5.37 Å². The third kappa shape index (κ3) is 2.81. The summed E-state index contributed by atoms with van der Waals surface area (Å²) in [4.78, 5) is 23.3. The second-order valence-electron chi connectivity index (χ2n) is 4.97. The largest absolute Gasteiger partial charge is 0.390 e. The molecule has 1 aliphatic heterocycles. The van der Waals surface area contributed by atoms with E-state index in [1.54, 1.807) is 20.9 Å². The van der Waals surface area contributed by atoms with Crippen molar-refractivity contribution in [2.24, 2.45) is 13.0 Å². The highest BCUT2D eigenvalue weighted by Gasteiger charge is 2.56. The fraction of sp³-hybridized carbons (Fsp3) is 0.700. The van der Waals surface area contributed by atoms with Gasteiger partial charge in [-0.3, -0.25) is 13.9 Å². The molecule has 0 radical (unpaired) electrons. The van der Waals surface area contributed by atoms with Gasteiger partial charge in [0, 0.05) is 25.9 Å². The number of aromatic nitrogens is 4. The molecular weight excluding hydrogens is 302 g/mol. The quantitative estimate of drug-likeness (QED) is 0.614. The second kappa shape index (κ2) is 5.34. The smallest absolute Gasteiger partial charge is 0.242 e. The molecule has 0 unspecified atom stereocenters. The van der Waals surface area contributed by atoms with Crippen LogP contribution in [0.2, 0.25) is 0 Å². The summed E-state index contributed by atoms with van der Waals surface area (Å²) < 4.78 is 2.84. The van der Waals surface area contributed by atoms with Crippen LogP contribution in [0.1, 0.15) is 20.8 Å². The average Bonchev–Trinajstić information content (AvgIpc) is 2.69. The molecule has 110 valence electrons. The summed E-state index contributed by atoms with van der Waals surface area (Å²) in [7, 11) is 1.68. The van der Waals surface area contributed by atoms with Gasteiger partial charge in [0.15, 0.2) is 0 Å². The third-order valence-corrected chi connectivity index (χ3v) is 5.07. The van der Waals surface area contributed by atoms with E-state index in [9.17, 15) is 14.7 Å². The molecule has 2 rings (SSSR count). The Kier molecular flexibility index (Phi) is 4.07. The number of carbonyl (C=O) groups is 2. The van der Waals surface area contributed by atoms with E-state index in [2.05, 4.69) is 15.5 Å². The number of thioether (sulfide) groups is 1. The number of carbonyl (C=O) groups excluding carboxylic acids is 2. The zero-order valence-electron chi connectivity index (χ0n) is 11.5. The number of nitrogens with zero attached hydrogens (tertiary/aromatic N) is 5. The highest BCUT2D eigenvalue weighted by atomic mass is 32.2. The number of amides is 1. The first-order valence-electron chi connectivity index (χ1n) is 5.85. The van der Waals surface area contributed by atoms with Gasteiger partial charge in [0.25, 0.3) is 0 Å². The van der Waals surface area contributed by atoms with E-state index < -0.39 is 11.5 Å². The summed E-state index contributed by atoms with van der Waals surface area (Å²) in [5.74, 6) is -0.860. The highest BCUT2D eigenvalue weighted by Crippen LogP contribution is 2.46. The molecule has 1 saturated heterocycles. The first-order chi connectivity index (χ1) is 9.21. The van der Waals surface area contributed by atoms with Crippen molar-refractivity contribution in [2.75, 3.05) is 0 Å². The van der Waals surface area contributed by atoms with Crippen molar-refractivity contribution in [2.45, 2.75) is 36.9 Å². The number of tetrazole rings is 1. The predicted molar refractivity (Wildman–Crippen MR) is 73.3 cm³/mol. The maximum Gasteiger partial charge on any atom is 0.242 e. The fourth-order valence-electron chi connectivity index (χ4n) is 1.87. The van der Waals surface area contributed by atoms with E-state index in [0.29, 0.717) is 5.16 Å². The maximum absolute atomic E-state index is 12.1. The molecule has 0 bridgehead atoms. The van der Waals surface area contributed by atoms with Gasteiger partial charge in [-0.05, 0) is 24.3 Å². The third-order valence-electron chi connectivity index (χ3n) is 2.79. The van der Waals surface area contributed by atoms with Gasteiger partial charge in [0.2, 0.25) is 16.2 Å². The van der Waals surface area contributed by atoms with Gasteiger partial charge in [0.05, 0.1) is 11.5 Å². The number of hydrogen-bond acceptors (Lipinski definition) is 8. The molecule has 2 heterocycles. The summed E-state index contributed by atoms with van der Waals surface area (Å²) in [6.07, 6.45) is 0. The Morgan fingerprint density at radius 2 is 2.10 bits per heavy atom. The predicted octanol–water partition coefficient (Wildman–Crippen LogP) is 0.0523. The first-order valence-corrected chi connectivity index (χ1v) is 7.50. The Labute approximate surface area is 124 Å². The lowest BCUT2D eigenvalue weighted by Gasteiger charge is -2.48. The van der Waals surface area contributed by atoms with Crippen molar-refractivity contribution in [1.82, 2.24) is 24.5 Å². The normalized spacial score (nSPS) is 22.9. The van der Waals surface area contributed by atoms with Gasteiger partial charge in [-0.2, -0.15) is 0 Å². The molecule has 10 heteroatoms. The zero-order chi connectivity index (χ0) is 15.1. The summed E-state index contributed by atoms with van der Waals surface area (Å²) >= 11 is 2.09. The van der Waals surface area contributed by atoms with Gasteiger partial charge >= 0.3 is 0 Å². The SMILES string of the molecule is CC(=O)SN1C(=O)[C@@H](C(C)(C)O)[C@H]1Sc1nnnn1C. The molecule has 0 aromatic carbocycles. The van der Waals surface area contributed by atoms with E-state index in [1.807, 2.05) is 0 Å². The van der Waals surface area contributed by atoms with Crippen LogP contribution >= 0.6 is 23.7 Å². The van der Waals surface area contributed by atoms with E-state index in [-0.39, 0.29) is 16.4 Å². The standard InChI is InChI=1S/C10H15N5O3S2/c1-5(16)20-15-7(17)6(10(2,3)18)8(15)19-9-11-12-13-14(9)4/h6,8,18H,1-4H3/t6-,8-/m1/s1. The summed E-state index contributed by atoms with van der Waals surface area (Å²) in [5, 5.41) is 21.1. The lowest BCUT2D eigenvalue weighted by molar-refractivity contribution is -0.154. The molecule has 1 aliphatic rings. The Morgan fingerprint density at radius 1 is 1.45 bits per heavy atom. The van der Waals surface area contributed by atoms with Crippen molar-refractivity contribution in [3.63, 3.8) is 0 Å². The fourth-order valence-corrected chi connectivity index (χ4v) is 4.11. The Balaban J connectivity index is 2.21. The van der Waals surface area contributed by atoms with E-state index in [4.69, 9.17) is 0 Å². The molecule has 1 aromatic heterocycles. The summed E-state index contributed by atoms with van der Waals surface area (Å²) in [6.45, 7) is 4.54. The van der Waals surface area contributed by atoms with Crippen LogP contribution < -0.4 is 0 Å². The van der Waals surface area contributed by atoms with Crippen molar-refractivity contribution in [3.05, 3.63) is 0 Å². The summed E-state index contributed by atoms with van der Waals surface area (Å²) in [6, 6.07) is 0. The maximum atomic E-state index is 12.1. The van der Waals surface area contributed by atoms with Crippen LogP contribution in [0.25, 0.3) is 0 Å². The first kappa shape index (κ1) is 15.3. The molecule has 0 spiro atoms. The number of aryl methyl sites for hydroxylation is 1. The number of hydrogen-bond donors (Lipinski definition) is 1. The number of aliphatic hydroxyl groups is 1. The minimum Gasteiger partial charge on any atom is -0.390 e. The van der Waals surface area contributed by atoms with Gasteiger partial charge in [-0.25, -0.2) is 4.68 Å². The topological polar surface area (TPSA) is 101 Å². The Bertz CT molecular complexity index is 541. The summed E-state index contributed by atoms with van der Waals surface area (Å²) in [5.41, 5.74) is -1.17.